The molecular formula is C11H16N2O. The number of rotatable bonds is 1. The number of aromatic amines is 1. The lowest BCUT2D eigenvalue weighted by molar-refractivity contribution is 0.415. The predicted molar refractivity (Wildman–Crippen MR) is 58.7 cm³/mol. The zero-order valence-corrected chi connectivity index (χ0v) is 9.09. The summed E-state index contributed by atoms with van der Waals surface area (Å²) in [6.45, 7) is 6.00. The van der Waals surface area contributed by atoms with Gasteiger partial charge in [0, 0.05) is 17.1 Å². The highest BCUT2D eigenvalue weighted by molar-refractivity contribution is 5.82. The van der Waals surface area contributed by atoms with Gasteiger partial charge in [-0.05, 0) is 19.1 Å². The Morgan fingerprint density at radius 1 is 1.29 bits per heavy atom. The van der Waals surface area contributed by atoms with Crippen molar-refractivity contribution in [3.63, 3.8) is 0 Å². The molecule has 0 unspecified atom stereocenters. The molecule has 2 aromatic rings. The van der Waals surface area contributed by atoms with Crippen LogP contribution in [0.4, 0.5) is 0 Å². The minimum Gasteiger partial charge on any atom is -0.497 e. The summed E-state index contributed by atoms with van der Waals surface area (Å²) in [7, 11) is 1.65. The van der Waals surface area contributed by atoms with Gasteiger partial charge in [-0.15, -0.1) is 0 Å². The molecule has 0 atom stereocenters. The smallest absolute Gasteiger partial charge is 0.121 e. The van der Waals surface area contributed by atoms with E-state index >= 15 is 0 Å². The molecule has 1 aromatic carbocycles. The standard InChI is InChI=1S/C9H10N2O.C2H6/c1-6-8-4-3-7(12-2)5-9(8)11-10-6;1-2/h3-5H,1-2H3,(H,10,11);1-2H3. The van der Waals surface area contributed by atoms with Crippen LogP contribution in [0.3, 0.4) is 0 Å². The highest BCUT2D eigenvalue weighted by Crippen LogP contribution is 2.20. The molecular weight excluding hydrogens is 176 g/mol. The summed E-state index contributed by atoms with van der Waals surface area (Å²) in [5.41, 5.74) is 2.04. The molecule has 0 amide bonds. The average molecular weight is 192 g/mol. The van der Waals surface area contributed by atoms with Gasteiger partial charge in [-0.1, -0.05) is 13.8 Å². The first-order valence-electron chi connectivity index (χ1n) is 4.80. The van der Waals surface area contributed by atoms with Gasteiger partial charge in [-0.25, -0.2) is 0 Å². The molecule has 3 nitrogen and oxygen atoms in total. The molecule has 0 fully saturated rings. The van der Waals surface area contributed by atoms with Crippen molar-refractivity contribution in [3.8, 4) is 5.75 Å². The predicted octanol–water partition coefficient (Wildman–Crippen LogP) is 2.91. The van der Waals surface area contributed by atoms with Crippen molar-refractivity contribution in [2.45, 2.75) is 20.8 Å². The Morgan fingerprint density at radius 3 is 2.64 bits per heavy atom. The van der Waals surface area contributed by atoms with E-state index in [4.69, 9.17) is 4.74 Å². The van der Waals surface area contributed by atoms with Gasteiger partial charge in [0.15, 0.2) is 0 Å². The zero-order chi connectivity index (χ0) is 10.6. The van der Waals surface area contributed by atoms with E-state index in [0.29, 0.717) is 0 Å². The molecule has 0 saturated heterocycles. The summed E-state index contributed by atoms with van der Waals surface area (Å²) >= 11 is 0. The number of methoxy groups -OCH3 is 1. The third-order valence-electron chi connectivity index (χ3n) is 1.95. The molecule has 76 valence electrons. The van der Waals surface area contributed by atoms with Gasteiger partial charge >= 0.3 is 0 Å². The Bertz CT molecular complexity index is 407. The molecule has 0 aliphatic rings. The summed E-state index contributed by atoms with van der Waals surface area (Å²) in [5, 5.41) is 8.19. The van der Waals surface area contributed by atoms with Gasteiger partial charge < -0.3 is 4.74 Å². The lowest BCUT2D eigenvalue weighted by Gasteiger charge is -1.97. The number of hydrogen-bond donors (Lipinski definition) is 1. The van der Waals surface area contributed by atoms with Crippen LogP contribution < -0.4 is 4.74 Å². The maximum atomic E-state index is 5.08. The minimum atomic E-state index is 0.842. The summed E-state index contributed by atoms with van der Waals surface area (Å²) in [4.78, 5) is 0. The van der Waals surface area contributed by atoms with Crippen molar-refractivity contribution < 1.29 is 4.74 Å². The van der Waals surface area contributed by atoms with Crippen LogP contribution in [-0.4, -0.2) is 17.3 Å². The second-order valence-electron chi connectivity index (χ2n) is 2.73. The van der Waals surface area contributed by atoms with Crippen molar-refractivity contribution in [3.05, 3.63) is 23.9 Å². The second kappa shape index (κ2) is 4.65. The molecule has 0 aliphatic carbocycles. The molecule has 3 heteroatoms. The Morgan fingerprint density at radius 2 is 2.00 bits per heavy atom. The molecule has 1 aromatic heterocycles. The number of nitrogens with zero attached hydrogens (tertiary/aromatic N) is 1. The van der Waals surface area contributed by atoms with Crippen molar-refractivity contribution in [1.82, 2.24) is 10.2 Å². The normalized spacial score (nSPS) is 9.43. The zero-order valence-electron chi connectivity index (χ0n) is 9.09. The average Bonchev–Trinajstić information content (AvgIpc) is 2.63. The second-order valence-corrected chi connectivity index (χ2v) is 2.73. The summed E-state index contributed by atoms with van der Waals surface area (Å²) < 4.78 is 5.08. The van der Waals surface area contributed by atoms with Crippen LogP contribution in [0.15, 0.2) is 18.2 Å². The third kappa shape index (κ3) is 1.87. The fourth-order valence-corrected chi connectivity index (χ4v) is 1.25. The molecule has 0 radical (unpaired) electrons. The number of hydrogen-bond acceptors (Lipinski definition) is 2. The first-order chi connectivity index (χ1) is 6.81. The lowest BCUT2D eigenvalue weighted by Crippen LogP contribution is -1.81. The topological polar surface area (TPSA) is 37.9 Å². The lowest BCUT2D eigenvalue weighted by atomic mass is 10.2. The fraction of sp³-hybridized carbons (Fsp3) is 0.364. The van der Waals surface area contributed by atoms with Gasteiger partial charge in [0.25, 0.3) is 0 Å². The molecule has 0 spiro atoms. The SMILES string of the molecule is CC.COc1ccc2c(C)[nH]nc2c1. The van der Waals surface area contributed by atoms with Crippen LogP contribution in [0.1, 0.15) is 19.5 Å². The van der Waals surface area contributed by atoms with E-state index in [0.717, 1.165) is 22.3 Å². The van der Waals surface area contributed by atoms with E-state index in [-0.39, 0.29) is 0 Å². The maximum absolute atomic E-state index is 5.08. The Balaban J connectivity index is 0.000000461. The van der Waals surface area contributed by atoms with Crippen molar-refractivity contribution in [2.24, 2.45) is 0 Å². The molecule has 2 rings (SSSR count). The Kier molecular flexibility index (Phi) is 3.51. The van der Waals surface area contributed by atoms with Crippen molar-refractivity contribution in [2.75, 3.05) is 7.11 Å². The molecule has 0 saturated carbocycles. The van der Waals surface area contributed by atoms with Crippen LogP contribution in [-0.2, 0) is 0 Å². The third-order valence-corrected chi connectivity index (χ3v) is 1.95. The number of nitrogens with one attached hydrogen (secondary N) is 1. The van der Waals surface area contributed by atoms with Gasteiger partial charge in [-0.3, -0.25) is 5.10 Å². The molecule has 14 heavy (non-hydrogen) atoms. The highest BCUT2D eigenvalue weighted by Gasteiger charge is 2.01. The van der Waals surface area contributed by atoms with E-state index in [1.807, 2.05) is 39.0 Å². The minimum absolute atomic E-state index is 0.842. The Labute approximate surface area is 84.1 Å². The number of benzene rings is 1. The van der Waals surface area contributed by atoms with Gasteiger partial charge in [0.2, 0.25) is 0 Å². The van der Waals surface area contributed by atoms with E-state index in [1.54, 1.807) is 7.11 Å². The van der Waals surface area contributed by atoms with E-state index in [2.05, 4.69) is 10.2 Å². The van der Waals surface area contributed by atoms with Gasteiger partial charge in [0.05, 0.1) is 12.6 Å². The van der Waals surface area contributed by atoms with Gasteiger partial charge in [-0.2, -0.15) is 5.10 Å². The van der Waals surface area contributed by atoms with Crippen LogP contribution in [0.25, 0.3) is 10.9 Å². The van der Waals surface area contributed by atoms with E-state index < -0.39 is 0 Å². The molecule has 1 heterocycles. The highest BCUT2D eigenvalue weighted by atomic mass is 16.5. The van der Waals surface area contributed by atoms with Crippen LogP contribution in [0.5, 0.6) is 5.75 Å². The van der Waals surface area contributed by atoms with Crippen molar-refractivity contribution in [1.29, 1.82) is 0 Å². The van der Waals surface area contributed by atoms with Crippen LogP contribution >= 0.6 is 0 Å². The van der Waals surface area contributed by atoms with Crippen LogP contribution in [0.2, 0.25) is 0 Å². The van der Waals surface area contributed by atoms with E-state index in [1.165, 1.54) is 0 Å². The first-order valence-corrected chi connectivity index (χ1v) is 4.80. The number of H-pyrrole nitrogens is 1. The molecule has 0 bridgehead atoms. The summed E-state index contributed by atoms with van der Waals surface area (Å²) in [5.74, 6) is 0.842. The maximum Gasteiger partial charge on any atom is 0.121 e. The number of aryl methyl sites for hydroxylation is 1. The van der Waals surface area contributed by atoms with E-state index in [9.17, 15) is 0 Å². The quantitative estimate of drug-likeness (QED) is 0.754. The Hall–Kier alpha value is -1.51. The number of ether oxygens (including phenoxy) is 1. The fourth-order valence-electron chi connectivity index (χ4n) is 1.25. The van der Waals surface area contributed by atoms with Crippen molar-refractivity contribution >= 4 is 10.9 Å². The van der Waals surface area contributed by atoms with Gasteiger partial charge in [0.1, 0.15) is 5.75 Å². The summed E-state index contributed by atoms with van der Waals surface area (Å²) in [6.07, 6.45) is 0. The number of fused-ring (bicyclic) bond motifs is 1. The number of aromatic nitrogens is 2. The monoisotopic (exact) mass is 192 g/mol. The molecule has 1 N–H and O–H groups in total. The summed E-state index contributed by atoms with van der Waals surface area (Å²) in [6, 6.07) is 5.86. The molecule has 0 aliphatic heterocycles. The first kappa shape index (κ1) is 10.6. The largest absolute Gasteiger partial charge is 0.497 e. The van der Waals surface area contributed by atoms with Crippen LogP contribution in [0, 0.1) is 6.92 Å².